The summed E-state index contributed by atoms with van der Waals surface area (Å²) in [5.74, 6) is -1.48. The van der Waals surface area contributed by atoms with Crippen molar-refractivity contribution in [2.45, 2.75) is 12.5 Å². The number of benzene rings is 2. The maximum atomic E-state index is 13.5. The molecule has 0 heterocycles. The van der Waals surface area contributed by atoms with Gasteiger partial charge in [0, 0.05) is 10.5 Å². The molecule has 100 valence electrons. The molecule has 0 aliphatic carbocycles. The van der Waals surface area contributed by atoms with Gasteiger partial charge in [-0.3, -0.25) is 0 Å². The van der Waals surface area contributed by atoms with E-state index in [1.54, 1.807) is 6.07 Å². The minimum atomic E-state index is -0.608. The molecule has 0 bridgehead atoms. The van der Waals surface area contributed by atoms with Crippen molar-refractivity contribution in [1.82, 2.24) is 0 Å². The lowest BCUT2D eigenvalue weighted by Crippen LogP contribution is -2.14. The van der Waals surface area contributed by atoms with Gasteiger partial charge in [0.2, 0.25) is 0 Å². The maximum absolute atomic E-state index is 13.5. The summed E-state index contributed by atoms with van der Waals surface area (Å²) in [6.45, 7) is 0. The van der Waals surface area contributed by atoms with Crippen molar-refractivity contribution in [3.05, 3.63) is 69.4 Å². The molecule has 1 unspecified atom stereocenters. The average molecular weight is 330 g/mol. The molecular weight excluding hydrogens is 319 g/mol. The molecule has 0 amide bonds. The topological polar surface area (TPSA) is 26.0 Å². The highest BCUT2D eigenvalue weighted by molar-refractivity contribution is 9.10. The van der Waals surface area contributed by atoms with E-state index in [1.165, 1.54) is 12.1 Å². The largest absolute Gasteiger partial charge is 0.324 e. The molecule has 0 radical (unpaired) electrons. The Morgan fingerprint density at radius 2 is 1.74 bits per heavy atom. The number of nitrogens with two attached hydrogens (primary N) is 1. The first-order valence-corrected chi connectivity index (χ1v) is 6.40. The second-order valence-corrected chi connectivity index (χ2v) is 5.16. The fraction of sp³-hybridized carbons (Fsp3) is 0.143. The predicted molar refractivity (Wildman–Crippen MR) is 71.1 cm³/mol. The molecule has 1 nitrogen and oxygen atoms in total. The SMILES string of the molecule is NC(Cc1cc(F)ccc1F)c1cc(F)cc(Br)c1. The Hall–Kier alpha value is -1.33. The predicted octanol–water partition coefficient (Wildman–Crippen LogP) is 4.11. The molecule has 0 fully saturated rings. The fourth-order valence-corrected chi connectivity index (χ4v) is 2.33. The second-order valence-electron chi connectivity index (χ2n) is 4.25. The molecule has 2 aromatic rings. The van der Waals surface area contributed by atoms with Gasteiger partial charge in [0.05, 0.1) is 0 Å². The zero-order chi connectivity index (χ0) is 14.0. The summed E-state index contributed by atoms with van der Waals surface area (Å²) in [6, 6.07) is 6.84. The normalized spacial score (nSPS) is 12.5. The highest BCUT2D eigenvalue weighted by atomic mass is 79.9. The Morgan fingerprint density at radius 3 is 2.42 bits per heavy atom. The zero-order valence-corrected chi connectivity index (χ0v) is 11.4. The van der Waals surface area contributed by atoms with Gasteiger partial charge in [0.1, 0.15) is 17.5 Å². The fourth-order valence-electron chi connectivity index (χ4n) is 1.84. The third-order valence-corrected chi connectivity index (χ3v) is 3.22. The number of hydrogen-bond acceptors (Lipinski definition) is 1. The molecule has 0 aliphatic rings. The van der Waals surface area contributed by atoms with Gasteiger partial charge in [-0.1, -0.05) is 15.9 Å². The van der Waals surface area contributed by atoms with Gasteiger partial charge in [-0.15, -0.1) is 0 Å². The van der Waals surface area contributed by atoms with E-state index in [9.17, 15) is 13.2 Å². The van der Waals surface area contributed by atoms with Crippen LogP contribution in [0, 0.1) is 17.5 Å². The standard InChI is InChI=1S/C14H11BrF3N/c15-10-3-9(5-12(17)7-10)14(19)6-8-4-11(16)1-2-13(8)18/h1-5,7,14H,6,19H2. The molecule has 2 N–H and O–H groups in total. The van der Waals surface area contributed by atoms with Gasteiger partial charge in [0.25, 0.3) is 0 Å². The van der Waals surface area contributed by atoms with Crippen LogP contribution in [0.4, 0.5) is 13.2 Å². The van der Waals surface area contributed by atoms with Crippen LogP contribution in [0.15, 0.2) is 40.9 Å². The highest BCUT2D eigenvalue weighted by Gasteiger charge is 2.13. The van der Waals surface area contributed by atoms with Crippen LogP contribution in [0.5, 0.6) is 0 Å². The first kappa shape index (κ1) is 14.1. The first-order chi connectivity index (χ1) is 8.95. The van der Waals surface area contributed by atoms with Crippen molar-refractivity contribution in [3.8, 4) is 0 Å². The van der Waals surface area contributed by atoms with Gasteiger partial charge >= 0.3 is 0 Å². The van der Waals surface area contributed by atoms with E-state index >= 15 is 0 Å². The van der Waals surface area contributed by atoms with Gasteiger partial charge in [-0.2, -0.15) is 0 Å². The lowest BCUT2D eigenvalue weighted by Gasteiger charge is -2.13. The van der Waals surface area contributed by atoms with Crippen LogP contribution in [0.2, 0.25) is 0 Å². The summed E-state index contributed by atoms with van der Waals surface area (Å²) < 4.78 is 40.4. The van der Waals surface area contributed by atoms with E-state index in [1.807, 2.05) is 0 Å². The summed E-state index contributed by atoms with van der Waals surface area (Å²) in [7, 11) is 0. The molecule has 2 aromatic carbocycles. The summed E-state index contributed by atoms with van der Waals surface area (Å²) in [6.07, 6.45) is 0.0967. The molecule has 0 saturated heterocycles. The molecule has 0 aliphatic heterocycles. The molecule has 0 saturated carbocycles. The Balaban J connectivity index is 2.25. The van der Waals surface area contributed by atoms with Crippen LogP contribution in [-0.2, 0) is 6.42 Å². The number of rotatable bonds is 3. The summed E-state index contributed by atoms with van der Waals surface area (Å²) >= 11 is 3.16. The van der Waals surface area contributed by atoms with Gasteiger partial charge < -0.3 is 5.73 Å². The minimum absolute atomic E-state index is 0.0967. The van der Waals surface area contributed by atoms with Crippen molar-refractivity contribution >= 4 is 15.9 Å². The van der Waals surface area contributed by atoms with Crippen LogP contribution >= 0.6 is 15.9 Å². The third kappa shape index (κ3) is 3.58. The van der Waals surface area contributed by atoms with Gasteiger partial charge in [-0.25, -0.2) is 13.2 Å². The molecule has 5 heteroatoms. The smallest absolute Gasteiger partial charge is 0.126 e. The summed E-state index contributed by atoms with van der Waals surface area (Å²) in [5, 5.41) is 0. The van der Waals surface area contributed by atoms with Crippen molar-refractivity contribution in [3.63, 3.8) is 0 Å². The molecule has 2 rings (SSSR count). The zero-order valence-electron chi connectivity index (χ0n) is 9.84. The molecule has 0 aromatic heterocycles. The van der Waals surface area contributed by atoms with Gasteiger partial charge in [0.15, 0.2) is 0 Å². The van der Waals surface area contributed by atoms with E-state index in [0.29, 0.717) is 10.0 Å². The third-order valence-electron chi connectivity index (χ3n) is 2.76. The second kappa shape index (κ2) is 5.75. The van der Waals surface area contributed by atoms with Crippen LogP contribution in [-0.4, -0.2) is 0 Å². The highest BCUT2D eigenvalue weighted by Crippen LogP contribution is 2.23. The van der Waals surface area contributed by atoms with Crippen LogP contribution in [0.25, 0.3) is 0 Å². The van der Waals surface area contributed by atoms with Crippen molar-refractivity contribution in [1.29, 1.82) is 0 Å². The van der Waals surface area contributed by atoms with E-state index in [4.69, 9.17) is 5.73 Å². The monoisotopic (exact) mass is 329 g/mol. The lowest BCUT2D eigenvalue weighted by molar-refractivity contribution is 0.570. The average Bonchev–Trinajstić information content (AvgIpc) is 2.32. The van der Waals surface area contributed by atoms with Crippen molar-refractivity contribution in [2.24, 2.45) is 5.73 Å². The molecular formula is C14H11BrF3N. The Bertz CT molecular complexity index is 581. The van der Waals surface area contributed by atoms with Gasteiger partial charge in [-0.05, 0) is 53.9 Å². The van der Waals surface area contributed by atoms with Crippen LogP contribution < -0.4 is 5.73 Å². The minimum Gasteiger partial charge on any atom is -0.324 e. The Morgan fingerprint density at radius 1 is 1.00 bits per heavy atom. The summed E-state index contributed by atoms with van der Waals surface area (Å²) in [4.78, 5) is 0. The van der Waals surface area contributed by atoms with Crippen LogP contribution in [0.3, 0.4) is 0 Å². The maximum Gasteiger partial charge on any atom is 0.126 e. The molecule has 1 atom stereocenters. The quantitative estimate of drug-likeness (QED) is 0.901. The Kier molecular flexibility index (Phi) is 4.27. The molecule has 19 heavy (non-hydrogen) atoms. The number of hydrogen-bond donors (Lipinski definition) is 1. The van der Waals surface area contributed by atoms with E-state index in [2.05, 4.69) is 15.9 Å². The van der Waals surface area contributed by atoms with Crippen molar-refractivity contribution < 1.29 is 13.2 Å². The number of halogens is 4. The lowest BCUT2D eigenvalue weighted by atomic mass is 9.99. The van der Waals surface area contributed by atoms with Crippen molar-refractivity contribution in [2.75, 3.05) is 0 Å². The first-order valence-electron chi connectivity index (χ1n) is 5.61. The van der Waals surface area contributed by atoms with E-state index < -0.39 is 23.5 Å². The van der Waals surface area contributed by atoms with E-state index in [0.717, 1.165) is 18.2 Å². The summed E-state index contributed by atoms with van der Waals surface area (Å²) in [5.41, 5.74) is 6.60. The molecule has 0 spiro atoms. The van der Waals surface area contributed by atoms with Crippen LogP contribution in [0.1, 0.15) is 17.2 Å². The Labute approximate surface area is 117 Å². The van der Waals surface area contributed by atoms with E-state index in [-0.39, 0.29) is 12.0 Å².